The summed E-state index contributed by atoms with van der Waals surface area (Å²) in [5.74, 6) is -5.90. The standard InChI is InChI=1S/C23H28F2N2O5/c1-22(2,3)32-21(31)27-18(13-15-9-11-17(28)12-10-15)19(29)23(24,25)20(30)26-14-16-7-5-4-6-8-16/h4-12,18-19,28-29H,13-14H2,1-3H3,(H,26,30)(H,27,31)/t18-,19?/m0/s1. The second kappa shape index (κ2) is 10.4. The van der Waals surface area contributed by atoms with Gasteiger partial charge < -0.3 is 25.6 Å². The number of amides is 2. The van der Waals surface area contributed by atoms with E-state index in [1.54, 1.807) is 51.1 Å². The van der Waals surface area contributed by atoms with Crippen molar-refractivity contribution in [1.29, 1.82) is 0 Å². The molecular weight excluding hydrogens is 422 g/mol. The Kier molecular flexibility index (Phi) is 8.15. The maximum atomic E-state index is 14.8. The van der Waals surface area contributed by atoms with Crippen LogP contribution in [0.1, 0.15) is 31.9 Å². The molecule has 0 spiro atoms. The molecule has 2 amide bonds. The number of phenols is 1. The minimum atomic E-state index is -4.20. The first-order valence-electron chi connectivity index (χ1n) is 10.0. The van der Waals surface area contributed by atoms with Crippen molar-refractivity contribution in [3.05, 3.63) is 65.7 Å². The van der Waals surface area contributed by atoms with Gasteiger partial charge in [-0.25, -0.2) is 4.79 Å². The van der Waals surface area contributed by atoms with Gasteiger partial charge in [0.15, 0.2) is 0 Å². The lowest BCUT2D eigenvalue weighted by Crippen LogP contribution is -2.58. The van der Waals surface area contributed by atoms with Crippen molar-refractivity contribution in [1.82, 2.24) is 10.6 Å². The third kappa shape index (κ3) is 7.49. The quantitative estimate of drug-likeness (QED) is 0.494. The minimum Gasteiger partial charge on any atom is -0.508 e. The Labute approximate surface area is 185 Å². The van der Waals surface area contributed by atoms with E-state index in [0.29, 0.717) is 11.1 Å². The Morgan fingerprint density at radius 2 is 1.59 bits per heavy atom. The third-order valence-corrected chi connectivity index (χ3v) is 4.45. The molecule has 1 unspecified atom stereocenters. The highest BCUT2D eigenvalue weighted by Gasteiger charge is 2.50. The molecule has 0 fully saturated rings. The van der Waals surface area contributed by atoms with E-state index >= 15 is 0 Å². The normalized spacial score (nSPS) is 13.7. The molecule has 0 aromatic heterocycles. The monoisotopic (exact) mass is 450 g/mol. The van der Waals surface area contributed by atoms with E-state index in [9.17, 15) is 28.6 Å². The number of nitrogens with one attached hydrogen (secondary N) is 2. The Balaban J connectivity index is 2.17. The van der Waals surface area contributed by atoms with Gasteiger partial charge in [-0.15, -0.1) is 0 Å². The minimum absolute atomic E-state index is 0.0310. The molecule has 0 aliphatic rings. The van der Waals surface area contributed by atoms with Gasteiger partial charge in [-0.3, -0.25) is 4.79 Å². The molecule has 2 atom stereocenters. The lowest BCUT2D eigenvalue weighted by molar-refractivity contribution is -0.167. The van der Waals surface area contributed by atoms with Crippen LogP contribution in [0.25, 0.3) is 0 Å². The van der Waals surface area contributed by atoms with Gasteiger partial charge in [0, 0.05) is 6.54 Å². The number of carbonyl (C=O) groups is 2. The van der Waals surface area contributed by atoms with Crippen LogP contribution in [-0.2, 0) is 22.5 Å². The van der Waals surface area contributed by atoms with Crippen molar-refractivity contribution in [2.45, 2.75) is 57.4 Å². The molecule has 0 aliphatic heterocycles. The summed E-state index contributed by atoms with van der Waals surface area (Å²) in [5, 5.41) is 24.2. The molecule has 0 saturated heterocycles. The van der Waals surface area contributed by atoms with Gasteiger partial charge in [0.25, 0.3) is 5.91 Å². The summed E-state index contributed by atoms with van der Waals surface area (Å²) in [6, 6.07) is 12.5. The maximum Gasteiger partial charge on any atom is 0.407 e. The van der Waals surface area contributed by atoms with Gasteiger partial charge in [-0.1, -0.05) is 42.5 Å². The maximum absolute atomic E-state index is 14.8. The molecule has 9 heteroatoms. The van der Waals surface area contributed by atoms with E-state index in [1.165, 1.54) is 24.3 Å². The number of aliphatic hydroxyl groups is 1. The highest BCUT2D eigenvalue weighted by Crippen LogP contribution is 2.25. The Morgan fingerprint density at radius 1 is 1.00 bits per heavy atom. The molecule has 7 nitrogen and oxygen atoms in total. The first-order valence-corrected chi connectivity index (χ1v) is 10.0. The number of hydrogen-bond acceptors (Lipinski definition) is 5. The van der Waals surface area contributed by atoms with Crippen molar-refractivity contribution in [2.75, 3.05) is 0 Å². The number of carbonyl (C=O) groups excluding carboxylic acids is 2. The molecule has 174 valence electrons. The van der Waals surface area contributed by atoms with Crippen LogP contribution in [0.15, 0.2) is 54.6 Å². The number of alkyl carbamates (subject to hydrolysis) is 1. The summed E-state index contributed by atoms with van der Waals surface area (Å²) in [4.78, 5) is 24.4. The summed E-state index contributed by atoms with van der Waals surface area (Å²) in [7, 11) is 0. The van der Waals surface area contributed by atoms with Gasteiger partial charge >= 0.3 is 12.0 Å². The average molecular weight is 450 g/mol. The fourth-order valence-corrected chi connectivity index (χ4v) is 2.87. The molecule has 2 aromatic carbocycles. The topological polar surface area (TPSA) is 108 Å². The van der Waals surface area contributed by atoms with Gasteiger partial charge in [-0.2, -0.15) is 8.78 Å². The first-order chi connectivity index (χ1) is 14.9. The number of benzene rings is 2. The van der Waals surface area contributed by atoms with Crippen molar-refractivity contribution in [3.8, 4) is 5.75 Å². The third-order valence-electron chi connectivity index (χ3n) is 4.45. The zero-order valence-electron chi connectivity index (χ0n) is 18.1. The number of halogens is 2. The summed E-state index contributed by atoms with van der Waals surface area (Å²) in [6.45, 7) is 4.65. The fraction of sp³-hybridized carbons (Fsp3) is 0.391. The highest BCUT2D eigenvalue weighted by atomic mass is 19.3. The van der Waals surface area contributed by atoms with E-state index in [4.69, 9.17) is 4.74 Å². The van der Waals surface area contributed by atoms with Crippen LogP contribution in [0, 0.1) is 0 Å². The summed E-state index contributed by atoms with van der Waals surface area (Å²) < 4.78 is 34.8. The van der Waals surface area contributed by atoms with Crippen LogP contribution in [-0.4, -0.2) is 45.9 Å². The molecule has 0 saturated carbocycles. The Morgan fingerprint density at radius 3 is 2.16 bits per heavy atom. The van der Waals surface area contributed by atoms with Crippen LogP contribution in [0.3, 0.4) is 0 Å². The number of phenolic OH excluding ortho intramolecular Hbond substituents is 1. The second-order valence-corrected chi connectivity index (χ2v) is 8.36. The Hall–Kier alpha value is -3.20. The number of aromatic hydroxyl groups is 1. The molecule has 0 radical (unpaired) electrons. The molecule has 0 heterocycles. The van der Waals surface area contributed by atoms with Crippen LogP contribution in [0.2, 0.25) is 0 Å². The summed E-state index contributed by atoms with van der Waals surface area (Å²) in [6.07, 6.45) is -3.79. The van der Waals surface area contributed by atoms with Gasteiger partial charge in [0.1, 0.15) is 17.5 Å². The molecule has 32 heavy (non-hydrogen) atoms. The molecule has 2 rings (SSSR count). The van der Waals surface area contributed by atoms with Crippen LogP contribution in [0.4, 0.5) is 13.6 Å². The molecule has 4 N–H and O–H groups in total. The van der Waals surface area contributed by atoms with E-state index in [1.807, 2.05) is 0 Å². The SMILES string of the molecule is CC(C)(C)OC(=O)N[C@@H](Cc1ccc(O)cc1)C(O)C(F)(F)C(=O)NCc1ccccc1. The van der Waals surface area contributed by atoms with E-state index < -0.39 is 35.7 Å². The van der Waals surface area contributed by atoms with Crippen molar-refractivity contribution < 1.29 is 33.3 Å². The number of alkyl halides is 2. The summed E-state index contributed by atoms with van der Waals surface area (Å²) >= 11 is 0. The molecule has 0 aliphatic carbocycles. The van der Waals surface area contributed by atoms with Crippen molar-refractivity contribution in [2.24, 2.45) is 0 Å². The average Bonchev–Trinajstić information content (AvgIpc) is 2.71. The number of rotatable bonds is 8. The molecule has 2 aromatic rings. The van der Waals surface area contributed by atoms with Gasteiger partial charge in [0.2, 0.25) is 0 Å². The smallest absolute Gasteiger partial charge is 0.407 e. The van der Waals surface area contributed by atoms with Crippen molar-refractivity contribution in [3.63, 3.8) is 0 Å². The van der Waals surface area contributed by atoms with E-state index in [-0.39, 0.29) is 18.7 Å². The van der Waals surface area contributed by atoms with E-state index in [0.717, 1.165) is 0 Å². The zero-order valence-corrected chi connectivity index (χ0v) is 18.1. The molecule has 0 bridgehead atoms. The van der Waals surface area contributed by atoms with Crippen molar-refractivity contribution >= 4 is 12.0 Å². The van der Waals surface area contributed by atoms with E-state index in [2.05, 4.69) is 10.6 Å². The number of hydrogen-bond donors (Lipinski definition) is 4. The van der Waals surface area contributed by atoms with Gasteiger partial charge in [-0.05, 0) is 50.5 Å². The lowest BCUT2D eigenvalue weighted by Gasteiger charge is -2.30. The zero-order chi connectivity index (χ0) is 23.9. The van der Waals surface area contributed by atoms with Crippen LogP contribution >= 0.6 is 0 Å². The lowest BCUT2D eigenvalue weighted by atomic mass is 9.96. The highest BCUT2D eigenvalue weighted by molar-refractivity contribution is 5.84. The molecular formula is C23H28F2N2O5. The number of aliphatic hydroxyl groups excluding tert-OH is 1. The fourth-order valence-electron chi connectivity index (χ4n) is 2.87. The first kappa shape index (κ1) is 25.1. The Bertz CT molecular complexity index is 899. The summed E-state index contributed by atoms with van der Waals surface area (Å²) in [5.41, 5.74) is 0.162. The van der Waals surface area contributed by atoms with Crippen LogP contribution < -0.4 is 10.6 Å². The predicted molar refractivity (Wildman–Crippen MR) is 114 cm³/mol. The van der Waals surface area contributed by atoms with Gasteiger partial charge in [0.05, 0.1) is 6.04 Å². The largest absolute Gasteiger partial charge is 0.508 e. The number of ether oxygens (including phenoxy) is 1. The second-order valence-electron chi connectivity index (χ2n) is 8.36. The predicted octanol–water partition coefficient (Wildman–Crippen LogP) is 3.14. The van der Waals surface area contributed by atoms with Crippen LogP contribution in [0.5, 0.6) is 5.75 Å².